The smallest absolute Gasteiger partial charge is 0.310 e. The summed E-state index contributed by atoms with van der Waals surface area (Å²) in [6, 6.07) is 10.2. The second kappa shape index (κ2) is 9.03. The molecule has 0 spiro atoms. The van der Waals surface area contributed by atoms with E-state index in [4.69, 9.17) is 4.74 Å². The van der Waals surface area contributed by atoms with E-state index < -0.39 is 0 Å². The van der Waals surface area contributed by atoms with Gasteiger partial charge in [0.05, 0.1) is 24.4 Å². The van der Waals surface area contributed by atoms with Crippen LogP contribution >= 0.6 is 0 Å². The van der Waals surface area contributed by atoms with Gasteiger partial charge in [-0.1, -0.05) is 25.1 Å². The maximum Gasteiger partial charge on any atom is 0.310 e. The molecule has 0 aliphatic carbocycles. The first-order chi connectivity index (χ1) is 12.5. The number of aliphatic imine (C=N–C) groups is 1. The second-order valence-corrected chi connectivity index (χ2v) is 6.20. The Balaban J connectivity index is 2.05. The van der Waals surface area contributed by atoms with E-state index in [9.17, 15) is 4.79 Å². The van der Waals surface area contributed by atoms with Crippen molar-refractivity contribution in [3.8, 4) is 5.69 Å². The van der Waals surface area contributed by atoms with Crippen LogP contribution in [0.25, 0.3) is 5.69 Å². The number of nitrogens with one attached hydrogen (secondary N) is 2. The Labute approximate surface area is 154 Å². The lowest BCUT2D eigenvalue weighted by Crippen LogP contribution is -2.40. The van der Waals surface area contributed by atoms with Crippen LogP contribution < -0.4 is 10.6 Å². The number of methoxy groups -OCH3 is 1. The molecule has 0 aliphatic rings. The quantitative estimate of drug-likeness (QED) is 0.469. The molecule has 2 rings (SSSR count). The molecule has 0 fully saturated rings. The molecule has 2 aromatic rings. The molecule has 7 nitrogen and oxygen atoms in total. The summed E-state index contributed by atoms with van der Waals surface area (Å²) in [6.07, 6.45) is 0. The number of aromatic nitrogens is 2. The molecule has 2 N–H and O–H groups in total. The van der Waals surface area contributed by atoms with Gasteiger partial charge in [0, 0.05) is 25.8 Å². The highest BCUT2D eigenvalue weighted by atomic mass is 16.5. The molecule has 140 valence electrons. The highest BCUT2D eigenvalue weighted by Crippen LogP contribution is 2.16. The van der Waals surface area contributed by atoms with Crippen molar-refractivity contribution in [2.45, 2.75) is 27.3 Å². The Morgan fingerprint density at radius 3 is 2.65 bits per heavy atom. The highest BCUT2D eigenvalue weighted by Gasteiger charge is 2.14. The van der Waals surface area contributed by atoms with Gasteiger partial charge in [-0.15, -0.1) is 0 Å². The van der Waals surface area contributed by atoms with Crippen LogP contribution in [0.4, 0.5) is 0 Å². The van der Waals surface area contributed by atoms with Gasteiger partial charge in [-0.05, 0) is 31.5 Å². The van der Waals surface area contributed by atoms with E-state index in [0.29, 0.717) is 19.0 Å². The van der Waals surface area contributed by atoms with Crippen LogP contribution in [-0.4, -0.2) is 42.4 Å². The van der Waals surface area contributed by atoms with E-state index in [1.807, 2.05) is 43.7 Å². The largest absolute Gasteiger partial charge is 0.469 e. The van der Waals surface area contributed by atoms with Crippen molar-refractivity contribution in [2.24, 2.45) is 10.9 Å². The third-order valence-electron chi connectivity index (χ3n) is 4.08. The fraction of sp³-hybridized carbons (Fsp3) is 0.421. The molecular weight excluding hydrogens is 330 g/mol. The number of carbonyl (C=O) groups is 1. The van der Waals surface area contributed by atoms with E-state index in [-0.39, 0.29) is 11.9 Å². The average Bonchev–Trinajstić information content (AvgIpc) is 2.99. The minimum absolute atomic E-state index is 0.247. The summed E-state index contributed by atoms with van der Waals surface area (Å²) < 4.78 is 6.68. The van der Waals surface area contributed by atoms with Gasteiger partial charge in [-0.2, -0.15) is 5.10 Å². The molecule has 1 aromatic carbocycles. The minimum atomic E-state index is -0.250. The first-order valence-electron chi connectivity index (χ1n) is 8.60. The van der Waals surface area contributed by atoms with Crippen molar-refractivity contribution in [2.75, 3.05) is 20.7 Å². The molecule has 0 radical (unpaired) electrons. The molecule has 0 saturated heterocycles. The number of esters is 1. The van der Waals surface area contributed by atoms with E-state index in [2.05, 4.69) is 32.9 Å². The summed E-state index contributed by atoms with van der Waals surface area (Å²) in [6.45, 7) is 6.87. The van der Waals surface area contributed by atoms with E-state index >= 15 is 0 Å². The Bertz CT molecular complexity index is 782. The van der Waals surface area contributed by atoms with Crippen LogP contribution in [0.5, 0.6) is 0 Å². The van der Waals surface area contributed by atoms with Gasteiger partial charge < -0.3 is 15.4 Å². The highest BCUT2D eigenvalue weighted by molar-refractivity contribution is 5.80. The summed E-state index contributed by atoms with van der Waals surface area (Å²) in [4.78, 5) is 15.7. The number of guanidine groups is 1. The fourth-order valence-corrected chi connectivity index (χ4v) is 2.67. The van der Waals surface area contributed by atoms with Gasteiger partial charge in [0.2, 0.25) is 0 Å². The molecule has 7 heteroatoms. The number of aryl methyl sites for hydroxylation is 2. The van der Waals surface area contributed by atoms with Gasteiger partial charge in [0.15, 0.2) is 5.96 Å². The zero-order valence-electron chi connectivity index (χ0n) is 16.0. The number of benzene rings is 1. The first kappa shape index (κ1) is 19.5. The van der Waals surface area contributed by atoms with Gasteiger partial charge >= 0.3 is 5.97 Å². The van der Waals surface area contributed by atoms with E-state index in [1.165, 1.54) is 7.11 Å². The average molecular weight is 357 g/mol. The fourth-order valence-electron chi connectivity index (χ4n) is 2.67. The predicted octanol–water partition coefficient (Wildman–Crippen LogP) is 1.96. The summed E-state index contributed by atoms with van der Waals surface area (Å²) in [7, 11) is 3.09. The van der Waals surface area contributed by atoms with Crippen molar-refractivity contribution >= 4 is 11.9 Å². The molecule has 0 bridgehead atoms. The van der Waals surface area contributed by atoms with Gasteiger partial charge in [0.25, 0.3) is 0 Å². The lowest BCUT2D eigenvalue weighted by atomic mass is 10.1. The number of hydrogen-bond acceptors (Lipinski definition) is 4. The second-order valence-electron chi connectivity index (χ2n) is 6.20. The molecule has 1 unspecified atom stereocenters. The van der Waals surface area contributed by atoms with Crippen LogP contribution in [0.1, 0.15) is 23.9 Å². The third-order valence-corrected chi connectivity index (χ3v) is 4.08. The van der Waals surface area contributed by atoms with Crippen LogP contribution in [0.2, 0.25) is 0 Å². The Hall–Kier alpha value is -2.83. The number of hydrogen-bond donors (Lipinski definition) is 2. The normalized spacial score (nSPS) is 12.6. The van der Waals surface area contributed by atoms with Crippen LogP contribution in [-0.2, 0) is 16.1 Å². The zero-order valence-corrected chi connectivity index (χ0v) is 16.0. The number of carbonyl (C=O) groups excluding carboxylic acids is 1. The summed E-state index contributed by atoms with van der Waals surface area (Å²) in [5.74, 6) is 0.132. The SMILES string of the molecule is CN=C(NCc1ccccc1-n1nc(C)cc1C)NCC(C)C(=O)OC. The minimum Gasteiger partial charge on any atom is -0.469 e. The molecule has 26 heavy (non-hydrogen) atoms. The molecule has 0 amide bonds. The lowest BCUT2D eigenvalue weighted by Gasteiger charge is -2.16. The molecule has 0 aliphatic heterocycles. The van der Waals surface area contributed by atoms with Crippen LogP contribution in [0, 0.1) is 19.8 Å². The number of para-hydroxylation sites is 1. The Morgan fingerprint density at radius 1 is 1.31 bits per heavy atom. The third kappa shape index (κ3) is 4.84. The van der Waals surface area contributed by atoms with Gasteiger partial charge in [0.1, 0.15) is 0 Å². The molecule has 1 heterocycles. The first-order valence-corrected chi connectivity index (χ1v) is 8.60. The van der Waals surface area contributed by atoms with E-state index in [0.717, 1.165) is 22.6 Å². The summed E-state index contributed by atoms with van der Waals surface area (Å²) >= 11 is 0. The maximum absolute atomic E-state index is 11.5. The van der Waals surface area contributed by atoms with Crippen molar-refractivity contribution in [1.82, 2.24) is 20.4 Å². The van der Waals surface area contributed by atoms with Crippen molar-refractivity contribution in [3.63, 3.8) is 0 Å². The van der Waals surface area contributed by atoms with Crippen molar-refractivity contribution in [3.05, 3.63) is 47.3 Å². The standard InChI is InChI=1S/C19H27N5O2/c1-13(18(25)26-5)11-21-19(20-4)22-12-16-8-6-7-9-17(16)24-15(3)10-14(2)23-24/h6-10,13H,11-12H2,1-5H3,(H2,20,21,22). The summed E-state index contributed by atoms with van der Waals surface area (Å²) in [5, 5.41) is 11.0. The number of nitrogens with zero attached hydrogens (tertiary/aromatic N) is 3. The van der Waals surface area contributed by atoms with Crippen LogP contribution in [0.3, 0.4) is 0 Å². The zero-order chi connectivity index (χ0) is 19.1. The lowest BCUT2D eigenvalue weighted by molar-refractivity contribution is -0.144. The maximum atomic E-state index is 11.5. The van der Waals surface area contributed by atoms with Crippen molar-refractivity contribution < 1.29 is 9.53 Å². The molecule has 0 saturated carbocycles. The van der Waals surface area contributed by atoms with Crippen molar-refractivity contribution in [1.29, 1.82) is 0 Å². The molecular formula is C19H27N5O2. The predicted molar refractivity (Wildman–Crippen MR) is 102 cm³/mol. The summed E-state index contributed by atoms with van der Waals surface area (Å²) in [5.41, 5.74) is 4.20. The Kier molecular flexibility index (Phi) is 6.77. The monoisotopic (exact) mass is 357 g/mol. The number of rotatable bonds is 6. The van der Waals surface area contributed by atoms with Gasteiger partial charge in [-0.3, -0.25) is 9.79 Å². The molecule has 1 aromatic heterocycles. The number of ether oxygens (including phenoxy) is 1. The van der Waals surface area contributed by atoms with Gasteiger partial charge in [-0.25, -0.2) is 4.68 Å². The van der Waals surface area contributed by atoms with E-state index in [1.54, 1.807) is 7.05 Å². The topological polar surface area (TPSA) is 80.5 Å². The Morgan fingerprint density at radius 2 is 2.04 bits per heavy atom. The molecule has 1 atom stereocenters. The van der Waals surface area contributed by atoms with Crippen LogP contribution in [0.15, 0.2) is 35.3 Å².